The van der Waals surface area contributed by atoms with Crippen LogP contribution in [0.4, 0.5) is 11.5 Å². The van der Waals surface area contributed by atoms with Crippen LogP contribution in [0.3, 0.4) is 0 Å². The van der Waals surface area contributed by atoms with Crippen LogP contribution >= 0.6 is 0 Å². The van der Waals surface area contributed by atoms with Gasteiger partial charge in [0.25, 0.3) is 0 Å². The molecule has 2 fully saturated rings. The second kappa shape index (κ2) is 8.47. The second-order valence-corrected chi connectivity index (χ2v) is 8.25. The highest BCUT2D eigenvalue weighted by atomic mass is 16.5. The number of carbonyl (C=O) groups excluding carboxylic acids is 1. The summed E-state index contributed by atoms with van der Waals surface area (Å²) >= 11 is 0. The molecule has 8 heteroatoms. The van der Waals surface area contributed by atoms with Crippen molar-refractivity contribution in [1.29, 1.82) is 0 Å². The summed E-state index contributed by atoms with van der Waals surface area (Å²) in [6.07, 6.45) is 4.30. The van der Waals surface area contributed by atoms with Crippen molar-refractivity contribution in [2.75, 3.05) is 50.5 Å². The van der Waals surface area contributed by atoms with Gasteiger partial charge in [0.2, 0.25) is 5.91 Å². The minimum atomic E-state index is -0.0343. The number of hydrogen-bond donors (Lipinski definition) is 1. The molecule has 2 N–H and O–H groups in total. The van der Waals surface area contributed by atoms with Crippen molar-refractivity contribution in [1.82, 2.24) is 14.9 Å². The van der Waals surface area contributed by atoms with Crippen LogP contribution in [-0.4, -0.2) is 66.3 Å². The van der Waals surface area contributed by atoms with E-state index in [-0.39, 0.29) is 11.5 Å². The molecule has 8 nitrogen and oxygen atoms in total. The summed E-state index contributed by atoms with van der Waals surface area (Å²) in [5, 5.41) is 0. The number of methoxy groups -OCH3 is 1. The molecule has 1 saturated carbocycles. The zero-order chi connectivity index (χ0) is 21.1. The first-order chi connectivity index (χ1) is 14.5. The smallest absolute Gasteiger partial charge is 0.242 e. The molecule has 2 aliphatic rings. The summed E-state index contributed by atoms with van der Waals surface area (Å²) in [5.74, 6) is 1.68. The molecule has 1 aliphatic heterocycles. The van der Waals surface area contributed by atoms with E-state index in [2.05, 4.69) is 16.9 Å². The third-order valence-electron chi connectivity index (χ3n) is 5.72. The van der Waals surface area contributed by atoms with Crippen LogP contribution in [0, 0.1) is 0 Å². The number of carbonyl (C=O) groups is 1. The van der Waals surface area contributed by atoms with Crippen molar-refractivity contribution in [3.05, 3.63) is 41.9 Å². The van der Waals surface area contributed by atoms with Gasteiger partial charge in [-0.05, 0) is 43.5 Å². The first kappa shape index (κ1) is 20.4. The Morgan fingerprint density at radius 2 is 2.03 bits per heavy atom. The largest absolute Gasteiger partial charge is 0.488 e. The van der Waals surface area contributed by atoms with Gasteiger partial charge in [-0.1, -0.05) is 0 Å². The molecule has 30 heavy (non-hydrogen) atoms. The number of anilines is 2. The normalized spacial score (nSPS) is 17.9. The van der Waals surface area contributed by atoms with Crippen LogP contribution in [0.5, 0.6) is 5.75 Å². The molecule has 0 unspecified atom stereocenters. The quantitative estimate of drug-likeness (QED) is 0.663. The lowest BCUT2D eigenvalue weighted by atomic mass is 10.1. The third-order valence-corrected chi connectivity index (χ3v) is 5.72. The van der Waals surface area contributed by atoms with Crippen LogP contribution in [0.15, 0.2) is 30.6 Å². The van der Waals surface area contributed by atoms with Crippen molar-refractivity contribution in [3.8, 4) is 5.75 Å². The van der Waals surface area contributed by atoms with E-state index in [9.17, 15) is 4.79 Å². The van der Waals surface area contributed by atoms with E-state index in [1.165, 1.54) is 0 Å². The van der Waals surface area contributed by atoms with Gasteiger partial charge in [0.1, 0.15) is 23.5 Å². The molecule has 2 aromatic rings. The van der Waals surface area contributed by atoms with E-state index < -0.39 is 0 Å². The fourth-order valence-electron chi connectivity index (χ4n) is 3.55. The predicted molar refractivity (Wildman–Crippen MR) is 115 cm³/mol. The molecule has 0 atom stereocenters. The van der Waals surface area contributed by atoms with Crippen molar-refractivity contribution < 1.29 is 14.3 Å². The summed E-state index contributed by atoms with van der Waals surface area (Å²) in [7, 11) is 1.64. The molecule has 0 bridgehead atoms. The maximum absolute atomic E-state index is 12.4. The topological polar surface area (TPSA) is 93.8 Å². The molecule has 1 aliphatic carbocycles. The lowest BCUT2D eigenvalue weighted by Gasteiger charge is -2.34. The second-order valence-electron chi connectivity index (χ2n) is 8.25. The minimum Gasteiger partial charge on any atom is -0.488 e. The molecule has 1 amide bonds. The number of nitrogens with zero attached hydrogens (tertiary/aromatic N) is 4. The van der Waals surface area contributed by atoms with E-state index in [0.29, 0.717) is 38.3 Å². The van der Waals surface area contributed by atoms with E-state index in [1.807, 2.05) is 34.1 Å². The Morgan fingerprint density at radius 3 is 2.77 bits per heavy atom. The number of aromatic nitrogens is 2. The summed E-state index contributed by atoms with van der Waals surface area (Å²) in [6.45, 7) is 4.99. The van der Waals surface area contributed by atoms with Gasteiger partial charge in [-0.15, -0.1) is 0 Å². The molecule has 0 spiro atoms. The lowest BCUT2D eigenvalue weighted by Crippen LogP contribution is -2.51. The van der Waals surface area contributed by atoms with Crippen molar-refractivity contribution in [3.63, 3.8) is 0 Å². The zero-order valence-corrected chi connectivity index (χ0v) is 17.6. The summed E-state index contributed by atoms with van der Waals surface area (Å²) in [5.41, 5.74) is 8.71. The maximum Gasteiger partial charge on any atom is 0.242 e. The molecule has 2 heterocycles. The monoisotopic (exact) mass is 411 g/mol. The van der Waals surface area contributed by atoms with Gasteiger partial charge in [0, 0.05) is 44.9 Å². The summed E-state index contributed by atoms with van der Waals surface area (Å²) < 4.78 is 11.1. The van der Waals surface area contributed by atoms with E-state index >= 15 is 0 Å². The number of hydrogen-bond acceptors (Lipinski definition) is 7. The molecule has 4 rings (SSSR count). The Hall–Kier alpha value is -2.87. The van der Waals surface area contributed by atoms with Gasteiger partial charge in [-0.3, -0.25) is 4.79 Å². The van der Waals surface area contributed by atoms with Gasteiger partial charge in [-0.25, -0.2) is 9.97 Å². The van der Waals surface area contributed by atoms with Crippen LogP contribution in [0.1, 0.15) is 31.0 Å². The Bertz CT molecular complexity index is 915. The molecule has 1 saturated heterocycles. The van der Waals surface area contributed by atoms with Gasteiger partial charge < -0.3 is 25.0 Å². The van der Waals surface area contributed by atoms with Crippen LogP contribution in [0.25, 0.3) is 0 Å². The summed E-state index contributed by atoms with van der Waals surface area (Å²) in [4.78, 5) is 25.0. The van der Waals surface area contributed by atoms with Crippen LogP contribution in [-0.2, 0) is 16.0 Å². The minimum absolute atomic E-state index is 0.0343. The highest BCUT2D eigenvalue weighted by Gasteiger charge is 2.40. The highest BCUT2D eigenvalue weighted by Crippen LogP contribution is 2.40. The Morgan fingerprint density at radius 1 is 1.20 bits per heavy atom. The first-order valence-corrected chi connectivity index (χ1v) is 10.4. The van der Waals surface area contributed by atoms with Crippen LogP contribution < -0.4 is 15.4 Å². The first-order valence-electron chi connectivity index (χ1n) is 10.4. The average molecular weight is 412 g/mol. The Labute approximate surface area is 177 Å². The number of rotatable bonds is 8. The zero-order valence-electron chi connectivity index (χ0n) is 17.6. The molecular formula is C22H29N5O3. The third kappa shape index (κ3) is 4.81. The number of benzene rings is 1. The molecule has 0 radical (unpaired) electrons. The average Bonchev–Trinajstić information content (AvgIpc) is 3.46. The number of amides is 1. The lowest BCUT2D eigenvalue weighted by molar-refractivity contribution is -0.131. The van der Waals surface area contributed by atoms with Crippen molar-refractivity contribution >= 4 is 17.4 Å². The van der Waals surface area contributed by atoms with E-state index in [0.717, 1.165) is 42.2 Å². The van der Waals surface area contributed by atoms with Gasteiger partial charge in [-0.2, -0.15) is 0 Å². The standard InChI is InChI=1S/C22H29N5O3/c1-22(5-6-22)30-18-3-4-19(23)16(12-18)11-17-13-20(25-15-24-17)27-8-7-26(9-10-29-2)21(28)14-27/h3-4,12-13,15H,5-11,14,23H2,1-2H3. The predicted octanol–water partition coefficient (Wildman–Crippen LogP) is 1.88. The van der Waals surface area contributed by atoms with E-state index in [4.69, 9.17) is 15.2 Å². The SMILES string of the molecule is COCCN1CCN(c2cc(Cc3cc(OC4(C)CC4)ccc3N)ncn2)CC1=O. The number of nitrogens with two attached hydrogens (primary N) is 1. The van der Waals surface area contributed by atoms with Crippen molar-refractivity contribution in [2.24, 2.45) is 0 Å². The number of piperazine rings is 1. The number of nitrogen functional groups attached to an aromatic ring is 1. The maximum atomic E-state index is 12.4. The molecule has 1 aromatic carbocycles. The molecular weight excluding hydrogens is 382 g/mol. The number of ether oxygens (including phenoxy) is 2. The van der Waals surface area contributed by atoms with Crippen LogP contribution in [0.2, 0.25) is 0 Å². The van der Waals surface area contributed by atoms with Gasteiger partial charge in [0.05, 0.1) is 18.8 Å². The Balaban J connectivity index is 1.44. The molecule has 1 aromatic heterocycles. The fraction of sp³-hybridized carbons (Fsp3) is 0.500. The summed E-state index contributed by atoms with van der Waals surface area (Å²) in [6, 6.07) is 7.74. The van der Waals surface area contributed by atoms with E-state index in [1.54, 1.807) is 13.4 Å². The fourth-order valence-corrected chi connectivity index (χ4v) is 3.55. The van der Waals surface area contributed by atoms with Gasteiger partial charge in [0.15, 0.2) is 0 Å². The van der Waals surface area contributed by atoms with Crippen molar-refractivity contribution in [2.45, 2.75) is 31.8 Å². The Kier molecular flexibility index (Phi) is 5.76. The highest BCUT2D eigenvalue weighted by molar-refractivity contribution is 5.82. The van der Waals surface area contributed by atoms with Gasteiger partial charge >= 0.3 is 0 Å². The molecule has 160 valence electrons.